The number of hydrogen-bond acceptors (Lipinski definition) is 5. The quantitative estimate of drug-likeness (QED) is 0.440. The third kappa shape index (κ3) is 3.12. The van der Waals surface area contributed by atoms with Gasteiger partial charge in [-0.3, -0.25) is 5.41 Å². The van der Waals surface area contributed by atoms with Crippen LogP contribution in [-0.4, -0.2) is 53.1 Å². The molecule has 0 amide bonds. The minimum atomic E-state index is -1.14. The summed E-state index contributed by atoms with van der Waals surface area (Å²) in [5.74, 6) is -0.206. The van der Waals surface area contributed by atoms with Crippen molar-refractivity contribution in [2.75, 3.05) is 13.1 Å². The van der Waals surface area contributed by atoms with Gasteiger partial charge in [0.1, 0.15) is 23.2 Å². The first-order valence-corrected chi connectivity index (χ1v) is 7.66. The molecule has 0 saturated carbocycles. The van der Waals surface area contributed by atoms with Crippen molar-refractivity contribution in [2.24, 2.45) is 0 Å². The molecule has 1 aromatic carbocycles. The van der Waals surface area contributed by atoms with Crippen LogP contribution in [0, 0.1) is 5.41 Å². The zero-order valence-corrected chi connectivity index (χ0v) is 12.9. The van der Waals surface area contributed by atoms with E-state index in [4.69, 9.17) is 14.8 Å². The number of benzene rings is 1. The van der Waals surface area contributed by atoms with E-state index in [1.165, 1.54) is 0 Å². The van der Waals surface area contributed by atoms with Gasteiger partial charge in [0.25, 0.3) is 0 Å². The number of aryl methyl sites for hydroxylation is 1. The molecule has 1 atom stereocenters. The highest BCUT2D eigenvalue weighted by molar-refractivity contribution is 6.44. The average molecular weight is 318 g/mol. The van der Waals surface area contributed by atoms with Gasteiger partial charge in [-0.2, -0.15) is 0 Å². The van der Waals surface area contributed by atoms with Crippen LogP contribution in [0.5, 0.6) is 11.5 Å². The van der Waals surface area contributed by atoms with E-state index in [0.29, 0.717) is 25.1 Å². The third-order valence-corrected chi connectivity index (χ3v) is 4.24. The van der Waals surface area contributed by atoms with Gasteiger partial charge in [0.2, 0.25) is 0 Å². The number of likely N-dealkylation sites (tertiary alicyclic amines) is 1. The molecule has 1 saturated heterocycles. The van der Waals surface area contributed by atoms with E-state index < -0.39 is 13.1 Å². The third-order valence-electron chi connectivity index (χ3n) is 4.24. The Kier molecular flexibility index (Phi) is 4.17. The Hall–Kier alpha value is -2.22. The van der Waals surface area contributed by atoms with Gasteiger partial charge in [0.15, 0.2) is 0 Å². The van der Waals surface area contributed by atoms with Crippen molar-refractivity contribution in [1.82, 2.24) is 4.90 Å². The van der Waals surface area contributed by atoms with Crippen LogP contribution in [0.4, 0.5) is 0 Å². The first-order valence-electron chi connectivity index (χ1n) is 7.66. The number of carboxylic acid groups (broad SMARTS) is 1. The summed E-state index contributed by atoms with van der Waals surface area (Å²) in [5.41, 5.74) is 0.731. The maximum absolute atomic E-state index is 11.7. The summed E-state index contributed by atoms with van der Waals surface area (Å²) in [5, 5.41) is 26.8. The van der Waals surface area contributed by atoms with Crippen molar-refractivity contribution >= 4 is 18.9 Å². The summed E-state index contributed by atoms with van der Waals surface area (Å²) < 4.78 is 11.2. The molecule has 3 N–H and O–H groups in total. The van der Waals surface area contributed by atoms with E-state index in [2.05, 4.69) is 0 Å². The second-order valence-corrected chi connectivity index (χ2v) is 5.90. The average Bonchev–Trinajstić information content (AvgIpc) is 2.95. The molecular weight excluding hydrogens is 299 g/mol. The minimum absolute atomic E-state index is 0.0359. The Bertz CT molecular complexity index is 651. The highest BCUT2D eigenvalue weighted by Crippen LogP contribution is 2.37. The van der Waals surface area contributed by atoms with E-state index in [-0.39, 0.29) is 23.2 Å². The molecule has 8 heteroatoms. The van der Waals surface area contributed by atoms with Crippen LogP contribution in [0.1, 0.15) is 29.3 Å². The van der Waals surface area contributed by atoms with Crippen LogP contribution in [0.15, 0.2) is 12.1 Å². The van der Waals surface area contributed by atoms with Gasteiger partial charge >= 0.3 is 13.1 Å². The van der Waals surface area contributed by atoms with Gasteiger partial charge in [-0.1, -0.05) is 6.07 Å². The standard InChI is InChI=1S/C15H19BN2O5/c1-9(17)18-7-5-11(8-18)22-12-3-2-10-4-6-16(21)23-14(10)13(12)15(19)20/h2-3,11,17,21H,4-8H2,1H3,(H,19,20)/t11-/m0/s1. The highest BCUT2D eigenvalue weighted by atomic mass is 16.5. The van der Waals surface area contributed by atoms with Crippen LogP contribution in [0.2, 0.25) is 6.32 Å². The molecule has 0 spiro atoms. The topological polar surface area (TPSA) is 103 Å². The molecule has 0 aromatic heterocycles. The van der Waals surface area contributed by atoms with Gasteiger partial charge in [-0.25, -0.2) is 4.79 Å². The van der Waals surface area contributed by atoms with E-state index in [1.807, 2.05) is 4.90 Å². The molecular formula is C15H19BN2O5. The molecule has 2 heterocycles. The Morgan fingerprint density at radius 3 is 2.96 bits per heavy atom. The fraction of sp³-hybridized carbons (Fsp3) is 0.467. The summed E-state index contributed by atoms with van der Waals surface area (Å²) in [7, 11) is -0.988. The summed E-state index contributed by atoms with van der Waals surface area (Å²) in [6.07, 6.45) is 1.58. The SMILES string of the molecule is CC(=N)N1CC[C@H](Oc2ccc3c(c2C(=O)O)OB(O)CC3)C1. The van der Waals surface area contributed by atoms with Gasteiger partial charge in [-0.05, 0) is 31.3 Å². The maximum Gasteiger partial charge on any atom is 0.522 e. The lowest BCUT2D eigenvalue weighted by atomic mass is 9.78. The summed E-state index contributed by atoms with van der Waals surface area (Å²) in [6.45, 7) is 3.01. The molecule has 0 unspecified atom stereocenters. The molecule has 1 fully saturated rings. The van der Waals surface area contributed by atoms with Gasteiger partial charge in [0, 0.05) is 13.0 Å². The molecule has 0 bridgehead atoms. The van der Waals surface area contributed by atoms with Crippen molar-refractivity contribution in [3.8, 4) is 11.5 Å². The molecule has 7 nitrogen and oxygen atoms in total. The van der Waals surface area contributed by atoms with E-state index in [0.717, 1.165) is 18.5 Å². The number of nitrogens with zero attached hydrogens (tertiary/aromatic N) is 1. The van der Waals surface area contributed by atoms with Crippen molar-refractivity contribution in [3.05, 3.63) is 23.3 Å². The van der Waals surface area contributed by atoms with E-state index in [9.17, 15) is 14.9 Å². The number of hydrogen-bond donors (Lipinski definition) is 3. The lowest BCUT2D eigenvalue weighted by molar-refractivity contribution is 0.0686. The minimum Gasteiger partial charge on any atom is -0.535 e. The fourth-order valence-corrected chi connectivity index (χ4v) is 3.02. The number of nitrogens with one attached hydrogen (secondary N) is 1. The second kappa shape index (κ2) is 6.12. The van der Waals surface area contributed by atoms with Crippen molar-refractivity contribution in [3.63, 3.8) is 0 Å². The summed E-state index contributed by atoms with van der Waals surface area (Å²) in [6, 6.07) is 3.45. The van der Waals surface area contributed by atoms with Crippen LogP contribution in [-0.2, 0) is 6.42 Å². The highest BCUT2D eigenvalue weighted by Gasteiger charge is 2.32. The van der Waals surface area contributed by atoms with Crippen LogP contribution < -0.4 is 9.39 Å². The number of carbonyl (C=O) groups is 1. The monoisotopic (exact) mass is 318 g/mol. The number of carboxylic acids is 1. The number of rotatable bonds is 3. The predicted molar refractivity (Wildman–Crippen MR) is 84.5 cm³/mol. The maximum atomic E-state index is 11.7. The molecule has 1 aromatic rings. The lowest BCUT2D eigenvalue weighted by Gasteiger charge is -2.24. The fourth-order valence-electron chi connectivity index (χ4n) is 3.02. The largest absolute Gasteiger partial charge is 0.535 e. The van der Waals surface area contributed by atoms with Crippen molar-refractivity contribution in [1.29, 1.82) is 5.41 Å². The molecule has 2 aliphatic heterocycles. The van der Waals surface area contributed by atoms with Crippen molar-refractivity contribution in [2.45, 2.75) is 32.2 Å². The number of ether oxygens (including phenoxy) is 1. The predicted octanol–water partition coefficient (Wildman–Crippen LogP) is 1.25. The zero-order chi connectivity index (χ0) is 16.6. The molecule has 23 heavy (non-hydrogen) atoms. The Morgan fingerprint density at radius 1 is 1.52 bits per heavy atom. The lowest BCUT2D eigenvalue weighted by Crippen LogP contribution is -2.30. The zero-order valence-electron chi connectivity index (χ0n) is 12.9. The first-order chi connectivity index (χ1) is 11.0. The van der Waals surface area contributed by atoms with Crippen molar-refractivity contribution < 1.29 is 24.3 Å². The number of fused-ring (bicyclic) bond motifs is 1. The smallest absolute Gasteiger partial charge is 0.522 e. The summed E-state index contributed by atoms with van der Waals surface area (Å²) >= 11 is 0. The molecule has 2 aliphatic rings. The van der Waals surface area contributed by atoms with Gasteiger partial charge < -0.3 is 24.4 Å². The summed E-state index contributed by atoms with van der Waals surface area (Å²) in [4.78, 5) is 13.6. The molecule has 3 rings (SSSR count). The first kappa shape index (κ1) is 15.7. The molecule has 122 valence electrons. The van der Waals surface area contributed by atoms with E-state index >= 15 is 0 Å². The Morgan fingerprint density at radius 2 is 2.30 bits per heavy atom. The second-order valence-electron chi connectivity index (χ2n) is 5.90. The Balaban J connectivity index is 1.86. The van der Waals surface area contributed by atoms with Crippen LogP contribution in [0.25, 0.3) is 0 Å². The van der Waals surface area contributed by atoms with Crippen LogP contribution in [0.3, 0.4) is 0 Å². The normalized spacial score (nSPS) is 20.0. The number of amidine groups is 1. The number of aromatic carboxylic acids is 1. The van der Waals surface area contributed by atoms with Gasteiger partial charge in [0.05, 0.1) is 12.4 Å². The molecule has 0 aliphatic carbocycles. The molecule has 0 radical (unpaired) electrons. The van der Waals surface area contributed by atoms with Crippen LogP contribution >= 0.6 is 0 Å². The van der Waals surface area contributed by atoms with Gasteiger partial charge in [-0.15, -0.1) is 0 Å². The van der Waals surface area contributed by atoms with E-state index in [1.54, 1.807) is 19.1 Å². The Labute approximate surface area is 134 Å².